The minimum atomic E-state index is -4.19. The molecule has 8 atom stereocenters. The van der Waals surface area contributed by atoms with Gasteiger partial charge in [-0.2, -0.15) is 16.8 Å². The van der Waals surface area contributed by atoms with E-state index in [1.165, 1.54) is 0 Å². The first-order valence-electron chi connectivity index (χ1n) is 16.6. The second-order valence-corrected chi connectivity index (χ2v) is 19.0. The van der Waals surface area contributed by atoms with Crippen LogP contribution < -0.4 is 21.7 Å². The van der Waals surface area contributed by atoms with Crippen molar-refractivity contribution < 1.29 is 30.7 Å². The highest BCUT2D eigenvalue weighted by Gasteiger charge is 2.49. The largest absolute Gasteiger partial charge is 0.369 e. The number of carbonyl (C=O) groups is 1. The fourth-order valence-corrected chi connectivity index (χ4v) is 10.6. The van der Waals surface area contributed by atoms with Crippen molar-refractivity contribution in [2.45, 2.75) is 129 Å². The standard InChI is InChI=1S/C31H60N4O7S2/c1-15(2)22-11-20(43(37,38)39)12-23(16(3)4)28(22)33-26-10-19(9)27(30(32)36)31(34-26)35-29-24(17(5)6)13-21(44(40,41)42)14-25(29)18(7)8/h15-29,31,33-35H,10-14H2,1-9H3,(H2,32,36)(H,37,38,39)(H,40,41,42). The number of rotatable bonds is 11. The quantitative estimate of drug-likeness (QED) is 0.179. The number of nitrogens with two attached hydrogens (primary N) is 1. The molecule has 0 aromatic rings. The number of hydrogen-bond donors (Lipinski definition) is 6. The van der Waals surface area contributed by atoms with Crippen LogP contribution in [0.15, 0.2) is 0 Å². The summed E-state index contributed by atoms with van der Waals surface area (Å²) in [6, 6.07) is -0.101. The summed E-state index contributed by atoms with van der Waals surface area (Å²) >= 11 is 0. The summed E-state index contributed by atoms with van der Waals surface area (Å²) in [6.45, 7) is 18.7. The predicted octanol–water partition coefficient (Wildman–Crippen LogP) is 3.48. The van der Waals surface area contributed by atoms with Crippen LogP contribution >= 0.6 is 0 Å². The molecule has 0 aromatic heterocycles. The van der Waals surface area contributed by atoms with E-state index in [-0.39, 0.29) is 71.5 Å². The van der Waals surface area contributed by atoms with Crippen LogP contribution in [0.1, 0.15) is 94.4 Å². The topological polar surface area (TPSA) is 188 Å². The van der Waals surface area contributed by atoms with Crippen molar-refractivity contribution in [1.82, 2.24) is 16.0 Å². The Hall–Kier alpha value is -0.830. The maximum atomic E-state index is 12.9. The molecule has 7 N–H and O–H groups in total. The molecule has 8 unspecified atom stereocenters. The monoisotopic (exact) mass is 664 g/mol. The Morgan fingerprint density at radius 2 is 1.02 bits per heavy atom. The summed E-state index contributed by atoms with van der Waals surface area (Å²) in [5.74, 6) is -0.369. The van der Waals surface area contributed by atoms with Gasteiger partial charge >= 0.3 is 0 Å². The molecule has 1 amide bonds. The van der Waals surface area contributed by atoms with Gasteiger partial charge in [0.2, 0.25) is 5.91 Å². The van der Waals surface area contributed by atoms with E-state index in [2.05, 4.69) is 71.3 Å². The van der Waals surface area contributed by atoms with Crippen LogP contribution in [0.2, 0.25) is 0 Å². The van der Waals surface area contributed by atoms with E-state index in [1.54, 1.807) is 0 Å². The van der Waals surface area contributed by atoms with Crippen molar-refractivity contribution >= 4 is 26.1 Å². The maximum absolute atomic E-state index is 12.9. The van der Waals surface area contributed by atoms with Gasteiger partial charge in [0, 0.05) is 12.1 Å². The Morgan fingerprint density at radius 3 is 1.32 bits per heavy atom. The molecule has 44 heavy (non-hydrogen) atoms. The van der Waals surface area contributed by atoms with Gasteiger partial charge in [0.05, 0.1) is 28.7 Å². The summed E-state index contributed by atoms with van der Waals surface area (Å²) < 4.78 is 69.0. The molecule has 0 radical (unpaired) electrons. The van der Waals surface area contributed by atoms with Crippen LogP contribution in [-0.2, 0) is 25.0 Å². The highest BCUT2D eigenvalue weighted by Crippen LogP contribution is 2.43. The van der Waals surface area contributed by atoms with Crippen LogP contribution in [0.5, 0.6) is 0 Å². The average Bonchev–Trinajstić information content (AvgIpc) is 2.86. The molecule has 3 rings (SSSR count). The van der Waals surface area contributed by atoms with E-state index >= 15 is 0 Å². The highest BCUT2D eigenvalue weighted by atomic mass is 32.2. The molecule has 2 saturated carbocycles. The number of amides is 1. The zero-order chi connectivity index (χ0) is 33.5. The van der Waals surface area contributed by atoms with Crippen molar-refractivity contribution in [3.05, 3.63) is 0 Å². The van der Waals surface area contributed by atoms with Gasteiger partial charge in [-0.05, 0) is 85.4 Å². The van der Waals surface area contributed by atoms with E-state index in [4.69, 9.17) is 5.73 Å². The average molecular weight is 665 g/mol. The van der Waals surface area contributed by atoms with Crippen molar-refractivity contribution in [3.63, 3.8) is 0 Å². The molecule has 1 saturated heterocycles. The van der Waals surface area contributed by atoms with Crippen LogP contribution in [-0.4, -0.2) is 66.8 Å². The highest BCUT2D eigenvalue weighted by molar-refractivity contribution is 7.86. The third-order valence-electron chi connectivity index (χ3n) is 11.3. The molecule has 3 fully saturated rings. The van der Waals surface area contributed by atoms with Gasteiger partial charge in [-0.1, -0.05) is 62.3 Å². The molecular weight excluding hydrogens is 604 g/mol. The van der Waals surface area contributed by atoms with Gasteiger partial charge in [-0.3, -0.25) is 29.9 Å². The van der Waals surface area contributed by atoms with Crippen molar-refractivity contribution in [1.29, 1.82) is 0 Å². The second-order valence-electron chi connectivity index (χ2n) is 15.6. The Labute approximate surface area is 266 Å². The van der Waals surface area contributed by atoms with Crippen LogP contribution in [0.4, 0.5) is 0 Å². The second kappa shape index (κ2) is 14.5. The van der Waals surface area contributed by atoms with E-state index in [9.17, 15) is 30.7 Å². The molecule has 0 aromatic carbocycles. The Kier molecular flexibility index (Phi) is 12.4. The molecule has 258 valence electrons. The molecule has 2 aliphatic carbocycles. The number of carbonyl (C=O) groups excluding carboxylic acids is 1. The number of piperidine rings is 1. The van der Waals surface area contributed by atoms with Gasteiger partial charge < -0.3 is 5.73 Å². The van der Waals surface area contributed by atoms with Crippen molar-refractivity contribution in [2.24, 2.45) is 64.9 Å². The first kappa shape index (κ1) is 37.6. The van der Waals surface area contributed by atoms with E-state index in [0.29, 0.717) is 32.1 Å². The van der Waals surface area contributed by atoms with Gasteiger partial charge in [0.25, 0.3) is 20.2 Å². The van der Waals surface area contributed by atoms with E-state index in [0.717, 1.165) is 0 Å². The van der Waals surface area contributed by atoms with Crippen LogP contribution in [0, 0.1) is 59.2 Å². The van der Waals surface area contributed by atoms with E-state index in [1.807, 2.05) is 6.92 Å². The fourth-order valence-electron chi connectivity index (χ4n) is 8.74. The number of nitrogens with one attached hydrogen (secondary N) is 3. The van der Waals surface area contributed by atoms with Gasteiger partial charge in [-0.15, -0.1) is 0 Å². The lowest BCUT2D eigenvalue weighted by Crippen LogP contribution is -2.69. The molecule has 1 heterocycles. The number of hydrogen-bond acceptors (Lipinski definition) is 8. The predicted molar refractivity (Wildman–Crippen MR) is 173 cm³/mol. The summed E-state index contributed by atoms with van der Waals surface area (Å²) in [7, 11) is -8.35. The lowest BCUT2D eigenvalue weighted by atomic mass is 9.67. The fraction of sp³-hybridized carbons (Fsp3) is 0.968. The summed E-state index contributed by atoms with van der Waals surface area (Å²) in [5, 5.41) is 9.69. The minimum absolute atomic E-state index is 0.000465. The van der Waals surface area contributed by atoms with Gasteiger partial charge in [-0.25, -0.2) is 0 Å². The SMILES string of the molecule is CC(C)C1CC(S(=O)(=O)O)CC(C(C)C)C1NC1CC(C)C(C(N)=O)C(NC2C(C(C)C)CC(S(=O)(=O)O)CC2C(C)C)N1. The van der Waals surface area contributed by atoms with Gasteiger partial charge in [0.15, 0.2) is 0 Å². The molecule has 13 heteroatoms. The first-order valence-corrected chi connectivity index (χ1v) is 19.6. The number of primary amides is 1. The summed E-state index contributed by atoms with van der Waals surface area (Å²) in [6.07, 6.45) is 1.45. The smallest absolute Gasteiger partial charge is 0.267 e. The molecular formula is C31H60N4O7S2. The van der Waals surface area contributed by atoms with Crippen molar-refractivity contribution in [2.75, 3.05) is 0 Å². The maximum Gasteiger partial charge on any atom is 0.267 e. The van der Waals surface area contributed by atoms with Crippen LogP contribution in [0.25, 0.3) is 0 Å². The third-order valence-corrected chi connectivity index (χ3v) is 13.8. The normalized spacial score (nSPS) is 39.3. The Morgan fingerprint density at radius 1 is 0.682 bits per heavy atom. The summed E-state index contributed by atoms with van der Waals surface area (Å²) in [4.78, 5) is 12.9. The van der Waals surface area contributed by atoms with Gasteiger partial charge in [0.1, 0.15) is 0 Å². The lowest BCUT2D eigenvalue weighted by Gasteiger charge is -2.51. The molecule has 0 bridgehead atoms. The zero-order valence-electron chi connectivity index (χ0n) is 28.1. The lowest BCUT2D eigenvalue weighted by molar-refractivity contribution is -0.126. The zero-order valence-corrected chi connectivity index (χ0v) is 29.7. The first-order chi connectivity index (χ1) is 20.1. The third kappa shape index (κ3) is 8.74. The molecule has 1 aliphatic heterocycles. The van der Waals surface area contributed by atoms with E-state index < -0.39 is 48.7 Å². The minimum Gasteiger partial charge on any atom is -0.369 e. The molecule has 3 aliphatic rings. The Balaban J connectivity index is 1.93. The molecule has 11 nitrogen and oxygen atoms in total. The van der Waals surface area contributed by atoms with Crippen LogP contribution in [0.3, 0.4) is 0 Å². The van der Waals surface area contributed by atoms with Crippen molar-refractivity contribution in [3.8, 4) is 0 Å². The Bertz CT molecular complexity index is 1160. The molecule has 0 spiro atoms. The summed E-state index contributed by atoms with van der Waals surface area (Å²) in [5.41, 5.74) is 6.00.